The fraction of sp³-hybridized carbons (Fsp3) is 0. The summed E-state index contributed by atoms with van der Waals surface area (Å²) in [7, 11) is 0. The number of hydrogen-bond donors (Lipinski definition) is 2. The molecule has 3 rings (SSSR count). The van der Waals surface area contributed by atoms with Crippen molar-refractivity contribution in [2.75, 3.05) is 0 Å². The smallest absolute Gasteiger partial charge is 0.125 e. The molecular formula is C10H6N2O2. The van der Waals surface area contributed by atoms with Crippen molar-refractivity contribution >= 4 is 23.8 Å². The number of phenolic OH excluding ortho intramolecular Hbond substituents is 2. The molecule has 0 aromatic heterocycles. The fourth-order valence-corrected chi connectivity index (χ4v) is 1.42. The Bertz CT molecular complexity index is 541. The third-order valence-corrected chi connectivity index (χ3v) is 2.19. The topological polar surface area (TPSA) is 65.2 Å². The predicted octanol–water partition coefficient (Wildman–Crippen LogP) is -0.517. The van der Waals surface area contributed by atoms with Gasteiger partial charge in [-0.2, -0.15) is 0 Å². The lowest BCUT2D eigenvalue weighted by Gasteiger charge is -1.96. The number of nitrogens with zero attached hydrogens (tertiary/aromatic N) is 2. The van der Waals surface area contributed by atoms with Crippen LogP contribution in [0, 0.1) is 0 Å². The highest BCUT2D eigenvalue weighted by Crippen LogP contribution is 2.14. The summed E-state index contributed by atoms with van der Waals surface area (Å²) in [5, 5.41) is 20.4. The lowest BCUT2D eigenvalue weighted by Crippen LogP contribution is -2.26. The molecule has 0 aliphatic carbocycles. The Morgan fingerprint density at radius 2 is 1.14 bits per heavy atom. The first kappa shape index (κ1) is 7.32. The minimum atomic E-state index is 0.119. The molecule has 0 unspecified atom stereocenters. The van der Waals surface area contributed by atoms with Gasteiger partial charge in [0.05, 0.1) is 34.3 Å². The molecule has 2 aliphatic heterocycles. The number of benzene rings is 1. The van der Waals surface area contributed by atoms with E-state index in [2.05, 4.69) is 9.98 Å². The molecule has 4 heteroatoms. The Labute approximate surface area is 78.9 Å². The fourth-order valence-electron chi connectivity index (χ4n) is 1.42. The molecule has 0 saturated heterocycles. The molecule has 2 aliphatic rings. The monoisotopic (exact) mass is 186 g/mol. The van der Waals surface area contributed by atoms with Crippen LogP contribution in [0.4, 0.5) is 0 Å². The molecule has 0 fully saturated rings. The van der Waals surface area contributed by atoms with E-state index in [0.29, 0.717) is 21.8 Å². The maximum atomic E-state index is 9.62. The van der Waals surface area contributed by atoms with E-state index < -0.39 is 0 Å². The van der Waals surface area contributed by atoms with Gasteiger partial charge in [0.15, 0.2) is 0 Å². The molecule has 0 amide bonds. The van der Waals surface area contributed by atoms with Crippen molar-refractivity contribution in [1.29, 1.82) is 0 Å². The van der Waals surface area contributed by atoms with Crippen LogP contribution in [0.25, 0.3) is 11.4 Å². The van der Waals surface area contributed by atoms with Crippen LogP contribution in [-0.2, 0) is 0 Å². The van der Waals surface area contributed by atoms with Gasteiger partial charge in [0, 0.05) is 0 Å². The third-order valence-electron chi connectivity index (χ3n) is 2.19. The molecule has 1 aromatic rings. The molecule has 2 N–H and O–H groups in total. The van der Waals surface area contributed by atoms with E-state index >= 15 is 0 Å². The van der Waals surface area contributed by atoms with Crippen molar-refractivity contribution in [1.82, 2.24) is 0 Å². The second kappa shape index (κ2) is 2.23. The highest BCUT2D eigenvalue weighted by Gasteiger charge is 2.15. The van der Waals surface area contributed by atoms with Crippen LogP contribution in [0.3, 0.4) is 0 Å². The summed E-state index contributed by atoms with van der Waals surface area (Å²) < 4.78 is 0. The first-order chi connectivity index (χ1) is 6.77. The second-order valence-electron chi connectivity index (χ2n) is 3.14. The molecule has 0 bridgehead atoms. The largest absolute Gasteiger partial charge is 0.507 e. The van der Waals surface area contributed by atoms with E-state index in [9.17, 15) is 10.2 Å². The zero-order valence-corrected chi connectivity index (χ0v) is 7.10. The molecule has 0 radical (unpaired) electrons. The maximum Gasteiger partial charge on any atom is 0.125 e. The Balaban J connectivity index is 2.54. The SMILES string of the molecule is Oc1ccc(O)c(=C2C=N2)c1=C1C=N1. The zero-order valence-electron chi connectivity index (χ0n) is 7.10. The lowest BCUT2D eigenvalue weighted by molar-refractivity contribution is 0.452. The van der Waals surface area contributed by atoms with Crippen molar-refractivity contribution < 1.29 is 10.2 Å². The third kappa shape index (κ3) is 0.939. The van der Waals surface area contributed by atoms with Crippen molar-refractivity contribution in [3.05, 3.63) is 22.6 Å². The average molecular weight is 186 g/mol. The Morgan fingerprint density at radius 3 is 1.43 bits per heavy atom. The van der Waals surface area contributed by atoms with Crippen LogP contribution in [-0.4, -0.2) is 22.6 Å². The highest BCUT2D eigenvalue weighted by atomic mass is 16.3. The lowest BCUT2D eigenvalue weighted by atomic mass is 10.2. The summed E-state index contributed by atoms with van der Waals surface area (Å²) >= 11 is 0. The number of phenols is 2. The Kier molecular flexibility index (Phi) is 1.16. The first-order valence-electron chi connectivity index (χ1n) is 4.15. The van der Waals surface area contributed by atoms with Gasteiger partial charge in [-0.25, -0.2) is 0 Å². The van der Waals surface area contributed by atoms with E-state index in [4.69, 9.17) is 0 Å². The van der Waals surface area contributed by atoms with E-state index in [0.717, 1.165) is 0 Å². The van der Waals surface area contributed by atoms with Gasteiger partial charge in [-0.3, -0.25) is 9.98 Å². The molecule has 0 atom stereocenters. The van der Waals surface area contributed by atoms with Gasteiger partial charge in [0.1, 0.15) is 11.5 Å². The van der Waals surface area contributed by atoms with Crippen molar-refractivity contribution in [2.24, 2.45) is 9.98 Å². The van der Waals surface area contributed by atoms with Crippen LogP contribution in [0.1, 0.15) is 0 Å². The predicted molar refractivity (Wildman–Crippen MR) is 52.8 cm³/mol. The minimum absolute atomic E-state index is 0.119. The van der Waals surface area contributed by atoms with Crippen LogP contribution < -0.4 is 10.4 Å². The number of rotatable bonds is 0. The zero-order chi connectivity index (χ0) is 9.71. The Hall–Kier alpha value is -2.10. The van der Waals surface area contributed by atoms with E-state index in [1.54, 1.807) is 12.4 Å². The maximum absolute atomic E-state index is 9.62. The summed E-state index contributed by atoms with van der Waals surface area (Å²) in [6.07, 6.45) is 3.28. The second-order valence-corrected chi connectivity index (χ2v) is 3.14. The first-order valence-corrected chi connectivity index (χ1v) is 4.15. The van der Waals surface area contributed by atoms with E-state index in [1.165, 1.54) is 12.1 Å². The van der Waals surface area contributed by atoms with Gasteiger partial charge in [0.25, 0.3) is 0 Å². The highest BCUT2D eigenvalue weighted by molar-refractivity contribution is 6.19. The summed E-state index contributed by atoms with van der Waals surface area (Å²) in [6, 6.07) is 2.90. The number of aliphatic imine (C=N–C) groups is 2. The summed E-state index contributed by atoms with van der Waals surface area (Å²) in [5.41, 5.74) is 1.41. The molecule has 1 aromatic carbocycles. The van der Waals surface area contributed by atoms with Crippen molar-refractivity contribution in [3.8, 4) is 11.5 Å². The standard InChI is InChI=1S/C10H6N2O2/c13-7-1-2-8(14)10(6-4-12-6)9(7)5-3-11-5/h1-4,13-14H. The van der Waals surface area contributed by atoms with Gasteiger partial charge in [-0.15, -0.1) is 0 Å². The number of hydrogen-bond acceptors (Lipinski definition) is 4. The molecular weight excluding hydrogens is 180 g/mol. The minimum Gasteiger partial charge on any atom is -0.507 e. The molecule has 2 heterocycles. The van der Waals surface area contributed by atoms with Crippen LogP contribution in [0.15, 0.2) is 22.1 Å². The average Bonchev–Trinajstić information content (AvgIpc) is 3.02. The van der Waals surface area contributed by atoms with Gasteiger partial charge >= 0.3 is 0 Å². The van der Waals surface area contributed by atoms with Crippen LogP contribution in [0.5, 0.6) is 11.5 Å². The van der Waals surface area contributed by atoms with Crippen LogP contribution in [0.2, 0.25) is 0 Å². The van der Waals surface area contributed by atoms with Gasteiger partial charge in [-0.1, -0.05) is 0 Å². The van der Waals surface area contributed by atoms with Crippen molar-refractivity contribution in [2.45, 2.75) is 0 Å². The summed E-state index contributed by atoms with van der Waals surface area (Å²) in [6.45, 7) is 0. The normalized spacial score (nSPS) is 24.0. The van der Waals surface area contributed by atoms with E-state index in [-0.39, 0.29) is 11.5 Å². The summed E-state index contributed by atoms with van der Waals surface area (Å²) in [4.78, 5) is 7.79. The molecule has 68 valence electrons. The molecule has 0 saturated carbocycles. The number of aromatic hydroxyl groups is 2. The van der Waals surface area contributed by atoms with Gasteiger partial charge in [-0.05, 0) is 12.1 Å². The molecule has 4 nitrogen and oxygen atoms in total. The summed E-state index contributed by atoms with van der Waals surface area (Å²) in [5.74, 6) is 0.238. The Morgan fingerprint density at radius 1 is 0.786 bits per heavy atom. The quantitative estimate of drug-likeness (QED) is 0.535. The van der Waals surface area contributed by atoms with Gasteiger partial charge < -0.3 is 10.2 Å². The molecule has 0 spiro atoms. The van der Waals surface area contributed by atoms with E-state index in [1.807, 2.05) is 0 Å². The van der Waals surface area contributed by atoms with Crippen molar-refractivity contribution in [3.63, 3.8) is 0 Å². The van der Waals surface area contributed by atoms with Crippen LogP contribution >= 0.6 is 0 Å². The molecule has 14 heavy (non-hydrogen) atoms. The van der Waals surface area contributed by atoms with Gasteiger partial charge in [0.2, 0.25) is 0 Å².